The molecule has 0 spiro atoms. The Morgan fingerprint density at radius 2 is 1.76 bits per heavy atom. The van der Waals surface area contributed by atoms with Gasteiger partial charge in [-0.3, -0.25) is 4.79 Å². The second-order valence-corrected chi connectivity index (χ2v) is 6.87. The molecule has 29 heavy (non-hydrogen) atoms. The van der Waals surface area contributed by atoms with E-state index in [-0.39, 0.29) is 40.9 Å². The molecule has 0 fully saturated rings. The van der Waals surface area contributed by atoms with E-state index in [0.717, 1.165) is 6.42 Å². The molecule has 2 aromatic rings. The highest BCUT2D eigenvalue weighted by atomic mass is 35.5. The topological polar surface area (TPSA) is 113 Å². The Balaban J connectivity index is 1.99. The monoisotopic (exact) mass is 422 g/mol. The lowest BCUT2D eigenvalue weighted by Gasteiger charge is -2.17. The summed E-state index contributed by atoms with van der Waals surface area (Å²) in [6.07, 6.45) is 0.268. The number of carbonyl (C=O) groups is 2. The van der Waals surface area contributed by atoms with Crippen LogP contribution in [0.15, 0.2) is 30.3 Å². The minimum atomic E-state index is -1.14. The van der Waals surface area contributed by atoms with Crippen LogP contribution in [0.25, 0.3) is 0 Å². The normalized spacial score (nSPS) is 11.7. The van der Waals surface area contributed by atoms with Crippen LogP contribution in [0.2, 0.25) is 5.02 Å². The molecule has 0 amide bonds. The van der Waals surface area contributed by atoms with Crippen molar-refractivity contribution in [3.8, 4) is 17.2 Å². The Morgan fingerprint density at radius 1 is 1.10 bits per heavy atom. The molecule has 0 saturated heterocycles. The van der Waals surface area contributed by atoms with E-state index in [1.54, 1.807) is 6.07 Å². The number of aromatic carboxylic acids is 1. The van der Waals surface area contributed by atoms with Gasteiger partial charge in [0, 0.05) is 5.56 Å². The Morgan fingerprint density at radius 3 is 2.34 bits per heavy atom. The van der Waals surface area contributed by atoms with E-state index in [2.05, 4.69) is 0 Å². The quantitative estimate of drug-likeness (QED) is 0.500. The molecule has 3 N–H and O–H groups in total. The minimum absolute atomic E-state index is 0.0333. The standard InChI is InChI=1S/C21H23ClO7/c1-3-4-17-19(8-7-15(12(2)23)20(17)25)29-11-13(24)10-28-14-5-6-16(21(26)27)18(22)9-14/h5-9,13,24-25H,3-4,10-11H2,1-2H3,(H,26,27). The van der Waals surface area contributed by atoms with Gasteiger partial charge in [0.2, 0.25) is 0 Å². The van der Waals surface area contributed by atoms with E-state index in [4.69, 9.17) is 26.2 Å². The molecule has 0 radical (unpaired) electrons. The number of Topliss-reactive ketones (excluding diaryl/α,β-unsaturated/α-hetero) is 1. The number of hydrogen-bond acceptors (Lipinski definition) is 6. The van der Waals surface area contributed by atoms with Crippen molar-refractivity contribution in [3.63, 3.8) is 0 Å². The lowest BCUT2D eigenvalue weighted by atomic mass is 10.0. The summed E-state index contributed by atoms with van der Waals surface area (Å²) in [7, 11) is 0. The molecule has 0 aliphatic heterocycles. The van der Waals surface area contributed by atoms with Gasteiger partial charge >= 0.3 is 5.97 Å². The highest BCUT2D eigenvalue weighted by Gasteiger charge is 2.17. The number of benzene rings is 2. The summed E-state index contributed by atoms with van der Waals surface area (Å²) in [4.78, 5) is 22.6. The Labute approximate surface area is 173 Å². The van der Waals surface area contributed by atoms with E-state index < -0.39 is 12.1 Å². The number of rotatable bonds is 10. The zero-order valence-corrected chi connectivity index (χ0v) is 16.9. The zero-order valence-electron chi connectivity index (χ0n) is 16.1. The highest BCUT2D eigenvalue weighted by molar-refractivity contribution is 6.33. The molecule has 2 aromatic carbocycles. The fraction of sp³-hybridized carbons (Fsp3) is 0.333. The third kappa shape index (κ3) is 5.85. The number of carboxylic acids is 1. The van der Waals surface area contributed by atoms with Crippen molar-refractivity contribution >= 4 is 23.4 Å². The molecule has 0 aliphatic carbocycles. The SMILES string of the molecule is CCCc1c(OCC(O)COc2ccc(C(=O)O)c(Cl)c2)ccc(C(C)=O)c1O. The molecule has 0 bridgehead atoms. The van der Waals surface area contributed by atoms with E-state index >= 15 is 0 Å². The molecule has 156 valence electrons. The number of ether oxygens (including phenoxy) is 2. The van der Waals surface area contributed by atoms with E-state index in [0.29, 0.717) is 23.5 Å². The first kappa shape index (κ1) is 22.5. The van der Waals surface area contributed by atoms with Gasteiger partial charge in [-0.2, -0.15) is 0 Å². The van der Waals surface area contributed by atoms with Crippen LogP contribution in [-0.2, 0) is 6.42 Å². The van der Waals surface area contributed by atoms with Crippen molar-refractivity contribution in [2.75, 3.05) is 13.2 Å². The molecule has 0 heterocycles. The summed E-state index contributed by atoms with van der Waals surface area (Å²) in [5.41, 5.74) is 0.705. The predicted molar refractivity (Wildman–Crippen MR) is 108 cm³/mol. The molecular formula is C21H23ClO7. The fourth-order valence-electron chi connectivity index (χ4n) is 2.71. The maximum Gasteiger partial charge on any atom is 0.337 e. The first-order valence-corrected chi connectivity index (χ1v) is 9.44. The molecular weight excluding hydrogens is 400 g/mol. The number of carboxylic acid groups (broad SMARTS) is 1. The molecule has 8 heteroatoms. The van der Waals surface area contributed by atoms with E-state index in [1.165, 1.54) is 31.2 Å². The van der Waals surface area contributed by atoms with Gasteiger partial charge in [0.25, 0.3) is 0 Å². The van der Waals surface area contributed by atoms with Gasteiger partial charge in [0.05, 0.1) is 16.1 Å². The van der Waals surface area contributed by atoms with Gasteiger partial charge in [-0.05, 0) is 43.7 Å². The number of phenolic OH excluding ortho intramolecular Hbond substituents is 1. The summed E-state index contributed by atoms with van der Waals surface area (Å²) in [6.45, 7) is 3.11. The number of carbonyl (C=O) groups excluding carboxylic acids is 1. The molecule has 0 aromatic heterocycles. The molecule has 0 saturated carbocycles. The largest absolute Gasteiger partial charge is 0.507 e. The second-order valence-electron chi connectivity index (χ2n) is 6.47. The van der Waals surface area contributed by atoms with Crippen LogP contribution in [0.5, 0.6) is 17.2 Å². The average molecular weight is 423 g/mol. The summed E-state index contributed by atoms with van der Waals surface area (Å²) < 4.78 is 11.0. The molecule has 2 rings (SSSR count). The Hall–Kier alpha value is -2.77. The summed E-state index contributed by atoms with van der Waals surface area (Å²) in [5.74, 6) is -0.781. The first-order valence-electron chi connectivity index (χ1n) is 9.06. The number of hydrogen-bond donors (Lipinski definition) is 3. The number of aliphatic hydroxyl groups excluding tert-OH is 1. The van der Waals surface area contributed by atoms with Crippen molar-refractivity contribution < 1.29 is 34.4 Å². The number of halogens is 1. The second kappa shape index (κ2) is 10.1. The van der Waals surface area contributed by atoms with Crippen LogP contribution in [0.3, 0.4) is 0 Å². The molecule has 1 unspecified atom stereocenters. The molecule has 0 aliphatic rings. The van der Waals surface area contributed by atoms with Crippen molar-refractivity contribution in [1.29, 1.82) is 0 Å². The highest BCUT2D eigenvalue weighted by Crippen LogP contribution is 2.33. The van der Waals surface area contributed by atoms with Crippen molar-refractivity contribution in [1.82, 2.24) is 0 Å². The number of aromatic hydroxyl groups is 1. The third-order valence-electron chi connectivity index (χ3n) is 4.16. The number of phenols is 1. The van der Waals surface area contributed by atoms with Gasteiger partial charge < -0.3 is 24.8 Å². The summed E-state index contributed by atoms with van der Waals surface area (Å²) >= 11 is 5.88. The smallest absolute Gasteiger partial charge is 0.337 e. The lowest BCUT2D eigenvalue weighted by molar-refractivity contribution is 0.0621. The maximum absolute atomic E-state index is 11.6. The predicted octanol–water partition coefficient (Wildman–Crippen LogP) is 3.72. The number of aliphatic hydroxyl groups is 1. The van der Waals surface area contributed by atoms with Crippen molar-refractivity contribution in [3.05, 3.63) is 52.0 Å². The van der Waals surface area contributed by atoms with Crippen LogP contribution in [0, 0.1) is 0 Å². The zero-order chi connectivity index (χ0) is 21.6. The molecule has 1 atom stereocenters. The molecule has 7 nitrogen and oxygen atoms in total. The van der Waals surface area contributed by atoms with E-state index in [1.807, 2.05) is 6.92 Å². The lowest BCUT2D eigenvalue weighted by Crippen LogP contribution is -2.25. The van der Waals surface area contributed by atoms with Crippen molar-refractivity contribution in [2.24, 2.45) is 0 Å². The van der Waals surface area contributed by atoms with Crippen LogP contribution in [0.4, 0.5) is 0 Å². The first-order chi connectivity index (χ1) is 13.7. The Bertz CT molecular complexity index is 895. The third-order valence-corrected chi connectivity index (χ3v) is 4.48. The van der Waals surface area contributed by atoms with E-state index in [9.17, 15) is 19.8 Å². The minimum Gasteiger partial charge on any atom is -0.507 e. The van der Waals surface area contributed by atoms with Crippen LogP contribution < -0.4 is 9.47 Å². The number of ketones is 1. The van der Waals surface area contributed by atoms with Gasteiger partial charge in [-0.15, -0.1) is 0 Å². The van der Waals surface area contributed by atoms with Gasteiger partial charge in [-0.1, -0.05) is 24.9 Å². The van der Waals surface area contributed by atoms with Crippen molar-refractivity contribution in [2.45, 2.75) is 32.8 Å². The summed E-state index contributed by atoms with van der Waals surface area (Å²) in [6, 6.07) is 7.21. The van der Waals surface area contributed by atoms with Crippen LogP contribution in [0.1, 0.15) is 46.5 Å². The van der Waals surface area contributed by atoms with Crippen LogP contribution >= 0.6 is 11.6 Å². The fourth-order valence-corrected chi connectivity index (χ4v) is 2.97. The average Bonchev–Trinajstić information content (AvgIpc) is 2.66. The van der Waals surface area contributed by atoms with Gasteiger partial charge in [-0.25, -0.2) is 4.79 Å². The maximum atomic E-state index is 11.6. The van der Waals surface area contributed by atoms with Gasteiger partial charge in [0.15, 0.2) is 5.78 Å². The van der Waals surface area contributed by atoms with Gasteiger partial charge in [0.1, 0.15) is 36.6 Å². The van der Waals surface area contributed by atoms with Crippen LogP contribution in [-0.4, -0.2) is 46.4 Å². The summed E-state index contributed by atoms with van der Waals surface area (Å²) in [5, 5.41) is 29.5. The Kier molecular flexibility index (Phi) is 7.87.